The summed E-state index contributed by atoms with van der Waals surface area (Å²) >= 11 is 6.10. The van der Waals surface area contributed by atoms with Crippen molar-refractivity contribution in [2.24, 2.45) is 0 Å². The van der Waals surface area contributed by atoms with Gasteiger partial charge in [0.1, 0.15) is 12.0 Å². The molecule has 5 heteroatoms. The van der Waals surface area contributed by atoms with Crippen LogP contribution in [0.25, 0.3) is 21.8 Å². The molecule has 1 aliphatic heterocycles. The van der Waals surface area contributed by atoms with E-state index in [0.29, 0.717) is 18.0 Å². The van der Waals surface area contributed by atoms with Gasteiger partial charge in [0.05, 0.1) is 6.04 Å². The Morgan fingerprint density at radius 1 is 1.09 bits per heavy atom. The summed E-state index contributed by atoms with van der Waals surface area (Å²) in [6, 6.07) is 9.92. The lowest BCUT2D eigenvalue weighted by molar-refractivity contribution is 0.190. The lowest BCUT2D eigenvalue weighted by Gasteiger charge is -2.29. The molecule has 0 unspecified atom stereocenters. The number of halogens is 3. The topological polar surface area (TPSA) is 17.0 Å². The van der Waals surface area contributed by atoms with Gasteiger partial charge >= 0.3 is 0 Å². The molecule has 0 aliphatic carbocycles. The van der Waals surface area contributed by atoms with Crippen LogP contribution in [0.1, 0.15) is 12.5 Å². The molecule has 22 heavy (non-hydrogen) atoms. The van der Waals surface area contributed by atoms with E-state index in [0.717, 1.165) is 28.4 Å². The van der Waals surface area contributed by atoms with Crippen molar-refractivity contribution in [1.29, 1.82) is 0 Å². The van der Waals surface area contributed by atoms with Crippen molar-refractivity contribution in [2.45, 2.75) is 18.6 Å². The Morgan fingerprint density at radius 2 is 1.82 bits per heavy atom. The molecular weight excluding hydrogens is 306 g/mol. The van der Waals surface area contributed by atoms with Gasteiger partial charge in [-0.25, -0.2) is 8.78 Å². The lowest BCUT2D eigenvalue weighted by Crippen LogP contribution is -2.39. The predicted molar refractivity (Wildman–Crippen MR) is 85.8 cm³/mol. The zero-order valence-electron chi connectivity index (χ0n) is 11.8. The first kappa shape index (κ1) is 14.0. The van der Waals surface area contributed by atoms with Crippen LogP contribution in [-0.2, 0) is 0 Å². The molecule has 1 aliphatic rings. The van der Waals surface area contributed by atoms with E-state index in [1.165, 1.54) is 12.1 Å². The Morgan fingerprint density at radius 3 is 2.59 bits per heavy atom. The van der Waals surface area contributed by atoms with Crippen molar-refractivity contribution in [1.82, 2.24) is 9.88 Å². The highest BCUT2D eigenvalue weighted by atomic mass is 35.5. The second-order valence-corrected chi connectivity index (χ2v) is 6.21. The number of piperidine rings is 1. The molecule has 0 bridgehead atoms. The fraction of sp³-hybridized carbons (Fsp3) is 0.294. The molecule has 1 saturated heterocycles. The smallest absolute Gasteiger partial charge is 0.133 e. The van der Waals surface area contributed by atoms with Crippen LogP contribution in [0.3, 0.4) is 0 Å². The van der Waals surface area contributed by atoms with E-state index in [9.17, 15) is 8.78 Å². The van der Waals surface area contributed by atoms with E-state index in [-0.39, 0.29) is 11.9 Å². The molecule has 2 heterocycles. The first-order chi connectivity index (χ1) is 10.6. The highest BCUT2D eigenvalue weighted by Gasteiger charge is 2.28. The van der Waals surface area contributed by atoms with Gasteiger partial charge in [0.25, 0.3) is 0 Å². The fourth-order valence-corrected chi connectivity index (χ4v) is 3.62. The predicted octanol–water partition coefficient (Wildman–Crippen LogP) is 4.46. The third-order valence-electron chi connectivity index (χ3n) is 4.43. The molecule has 1 fully saturated rings. The molecule has 114 valence electrons. The van der Waals surface area contributed by atoms with E-state index < -0.39 is 6.17 Å². The molecule has 0 saturated carbocycles. The highest BCUT2D eigenvalue weighted by Crippen LogP contribution is 2.36. The van der Waals surface area contributed by atoms with E-state index in [2.05, 4.69) is 5.32 Å². The Kier molecular flexibility index (Phi) is 3.31. The molecule has 3 aromatic rings. The van der Waals surface area contributed by atoms with Crippen LogP contribution in [0.2, 0.25) is 5.02 Å². The number of fused-ring (bicyclic) bond motifs is 3. The normalized spacial score (nSPS) is 22.5. The van der Waals surface area contributed by atoms with Crippen LogP contribution in [0.4, 0.5) is 8.78 Å². The monoisotopic (exact) mass is 320 g/mol. The molecular formula is C17H15ClF2N2. The van der Waals surface area contributed by atoms with E-state index in [1.807, 2.05) is 16.7 Å². The number of hydrogen-bond acceptors (Lipinski definition) is 1. The molecule has 1 aromatic heterocycles. The lowest BCUT2D eigenvalue weighted by atomic mass is 10.0. The van der Waals surface area contributed by atoms with Gasteiger partial charge in [-0.05, 0) is 49.4 Å². The maximum atomic E-state index is 14.4. The molecule has 0 radical (unpaired) electrons. The number of alkyl halides is 1. The van der Waals surface area contributed by atoms with Gasteiger partial charge < -0.3 is 9.88 Å². The Labute approximate surface area is 131 Å². The molecule has 2 nitrogen and oxygen atoms in total. The molecule has 1 N–H and O–H groups in total. The third kappa shape index (κ3) is 2.09. The zero-order valence-corrected chi connectivity index (χ0v) is 12.6. The number of aromatic nitrogens is 1. The van der Waals surface area contributed by atoms with E-state index >= 15 is 0 Å². The van der Waals surface area contributed by atoms with Gasteiger partial charge in [-0.2, -0.15) is 0 Å². The van der Waals surface area contributed by atoms with Gasteiger partial charge in [0.15, 0.2) is 0 Å². The van der Waals surface area contributed by atoms with Gasteiger partial charge in [0.2, 0.25) is 0 Å². The standard InChI is InChI=1S/C17H15ClF2N2/c18-10-1-3-15-12(7-10)13-8-11(19)2-4-16(13)22(15)17-5-6-21-9-14(17)20/h1-4,7-8,14,17,21H,5-6,9H2/t14-,17-/m1/s1. The average Bonchev–Trinajstić information content (AvgIpc) is 2.81. The van der Waals surface area contributed by atoms with Gasteiger partial charge in [-0.1, -0.05) is 11.6 Å². The minimum absolute atomic E-state index is 0.243. The van der Waals surface area contributed by atoms with Crippen LogP contribution in [0, 0.1) is 5.82 Å². The summed E-state index contributed by atoms with van der Waals surface area (Å²) in [6.45, 7) is 1.13. The number of nitrogens with zero attached hydrogens (tertiary/aromatic N) is 1. The molecule has 2 atom stereocenters. The summed E-state index contributed by atoms with van der Waals surface area (Å²) in [5.74, 6) is -0.298. The summed E-state index contributed by atoms with van der Waals surface area (Å²) in [4.78, 5) is 0. The summed E-state index contributed by atoms with van der Waals surface area (Å²) in [5.41, 5.74) is 1.76. The van der Waals surface area contributed by atoms with Crippen LogP contribution >= 0.6 is 11.6 Å². The van der Waals surface area contributed by atoms with Crippen LogP contribution in [0.5, 0.6) is 0 Å². The number of benzene rings is 2. The van der Waals surface area contributed by atoms with Crippen molar-refractivity contribution in [2.75, 3.05) is 13.1 Å². The second kappa shape index (κ2) is 5.21. The first-order valence-corrected chi connectivity index (χ1v) is 7.76. The van der Waals surface area contributed by atoms with Crippen molar-refractivity contribution in [3.8, 4) is 0 Å². The fourth-order valence-electron chi connectivity index (χ4n) is 3.45. The number of rotatable bonds is 1. The second-order valence-electron chi connectivity index (χ2n) is 5.77. The third-order valence-corrected chi connectivity index (χ3v) is 4.67. The molecule has 4 rings (SSSR count). The Bertz CT molecular complexity index is 799. The zero-order chi connectivity index (χ0) is 15.3. The first-order valence-electron chi connectivity index (χ1n) is 7.38. The number of hydrogen-bond donors (Lipinski definition) is 1. The van der Waals surface area contributed by atoms with Crippen molar-refractivity contribution in [3.05, 3.63) is 47.2 Å². The Balaban J connectivity index is 2.06. The van der Waals surface area contributed by atoms with E-state index in [1.54, 1.807) is 12.1 Å². The SMILES string of the molecule is Fc1ccc2c(c1)c1cc(Cl)ccc1n2[C@@H]1CCNC[C@H]1F. The van der Waals surface area contributed by atoms with Gasteiger partial charge in [0, 0.05) is 33.4 Å². The van der Waals surface area contributed by atoms with Crippen LogP contribution in [-0.4, -0.2) is 23.8 Å². The van der Waals surface area contributed by atoms with Crippen LogP contribution in [0.15, 0.2) is 36.4 Å². The van der Waals surface area contributed by atoms with Gasteiger partial charge in [-0.3, -0.25) is 0 Å². The summed E-state index contributed by atoms with van der Waals surface area (Å²) < 4.78 is 30.1. The van der Waals surface area contributed by atoms with Crippen molar-refractivity contribution in [3.63, 3.8) is 0 Å². The Hall–Kier alpha value is -1.65. The molecule has 0 amide bonds. The van der Waals surface area contributed by atoms with Gasteiger partial charge in [-0.15, -0.1) is 0 Å². The minimum atomic E-state index is -0.965. The van der Waals surface area contributed by atoms with Crippen LogP contribution < -0.4 is 5.32 Å². The summed E-state index contributed by atoms with van der Waals surface area (Å²) in [6.07, 6.45) is -0.256. The highest BCUT2D eigenvalue weighted by molar-refractivity contribution is 6.31. The largest absolute Gasteiger partial charge is 0.334 e. The summed E-state index contributed by atoms with van der Waals surface area (Å²) in [7, 11) is 0. The molecule has 0 spiro atoms. The average molecular weight is 321 g/mol. The van der Waals surface area contributed by atoms with E-state index in [4.69, 9.17) is 11.6 Å². The molecule has 2 aromatic carbocycles. The maximum Gasteiger partial charge on any atom is 0.133 e. The minimum Gasteiger partial charge on any atom is -0.334 e. The maximum absolute atomic E-state index is 14.4. The van der Waals surface area contributed by atoms with Crippen molar-refractivity contribution >= 4 is 33.4 Å². The number of nitrogens with one attached hydrogen (secondary N) is 1. The quantitative estimate of drug-likeness (QED) is 0.700. The van der Waals surface area contributed by atoms with Crippen molar-refractivity contribution < 1.29 is 8.78 Å². The summed E-state index contributed by atoms with van der Waals surface area (Å²) in [5, 5.41) is 5.32.